The zero-order valence-corrected chi connectivity index (χ0v) is 13.3. The van der Waals surface area contributed by atoms with E-state index in [1.807, 2.05) is 6.92 Å². The average Bonchev–Trinajstić information content (AvgIpc) is 3.03. The molecule has 1 saturated heterocycles. The summed E-state index contributed by atoms with van der Waals surface area (Å²) in [5, 5.41) is 7.71. The van der Waals surface area contributed by atoms with Crippen molar-refractivity contribution in [3.8, 4) is 0 Å². The fourth-order valence-electron chi connectivity index (χ4n) is 2.86. The van der Waals surface area contributed by atoms with Gasteiger partial charge in [0, 0.05) is 6.61 Å². The lowest BCUT2D eigenvalue weighted by molar-refractivity contribution is -0.0203. The summed E-state index contributed by atoms with van der Waals surface area (Å²) in [6, 6.07) is 0. The molecule has 1 aromatic rings. The molecule has 5 nitrogen and oxygen atoms in total. The molecule has 5 heteroatoms. The van der Waals surface area contributed by atoms with Gasteiger partial charge in [0.25, 0.3) is 0 Å². The molecule has 1 N–H and O–H groups in total. The molecule has 1 aromatic heterocycles. The molecule has 2 heterocycles. The Morgan fingerprint density at radius 1 is 1.40 bits per heavy atom. The molecule has 0 bridgehead atoms. The number of rotatable bonds is 5. The minimum Gasteiger partial charge on any atom is -0.370 e. The first-order valence-corrected chi connectivity index (χ1v) is 7.63. The van der Waals surface area contributed by atoms with Crippen LogP contribution >= 0.6 is 0 Å². The zero-order valence-electron chi connectivity index (χ0n) is 13.3. The van der Waals surface area contributed by atoms with Crippen molar-refractivity contribution in [2.75, 3.05) is 13.2 Å². The first-order valence-electron chi connectivity index (χ1n) is 7.63. The third kappa shape index (κ3) is 2.88. The second-order valence-corrected chi connectivity index (χ2v) is 6.63. The van der Waals surface area contributed by atoms with Gasteiger partial charge in [-0.2, -0.15) is 4.98 Å². The number of hydrogen-bond donors (Lipinski definition) is 1. The van der Waals surface area contributed by atoms with Crippen LogP contribution in [0.3, 0.4) is 0 Å². The van der Waals surface area contributed by atoms with Crippen LogP contribution in [0.1, 0.15) is 71.7 Å². The quantitative estimate of drug-likeness (QED) is 0.898. The second kappa shape index (κ2) is 5.82. The van der Waals surface area contributed by atoms with Crippen LogP contribution in [-0.4, -0.2) is 23.3 Å². The Bertz CT molecular complexity index is 431. The largest absolute Gasteiger partial charge is 0.370 e. The second-order valence-electron chi connectivity index (χ2n) is 6.63. The van der Waals surface area contributed by atoms with E-state index < -0.39 is 0 Å². The lowest BCUT2D eigenvalue weighted by atomic mass is 9.88. The highest BCUT2D eigenvalue weighted by atomic mass is 16.5. The van der Waals surface area contributed by atoms with Crippen molar-refractivity contribution in [2.24, 2.45) is 5.41 Å². The van der Waals surface area contributed by atoms with Gasteiger partial charge < -0.3 is 14.6 Å². The van der Waals surface area contributed by atoms with Crippen LogP contribution in [0.15, 0.2) is 4.52 Å². The molecular weight excluding hydrogens is 254 g/mol. The molecule has 1 aliphatic rings. The molecule has 1 fully saturated rings. The number of aromatic nitrogens is 2. The molecule has 0 aromatic carbocycles. The first-order chi connectivity index (χ1) is 9.43. The minimum absolute atomic E-state index is 0.0559. The van der Waals surface area contributed by atoms with Gasteiger partial charge in [-0.05, 0) is 38.1 Å². The van der Waals surface area contributed by atoms with E-state index in [1.165, 1.54) is 0 Å². The molecule has 1 aliphatic heterocycles. The van der Waals surface area contributed by atoms with Crippen LogP contribution < -0.4 is 5.32 Å². The van der Waals surface area contributed by atoms with E-state index in [0.717, 1.165) is 25.8 Å². The lowest BCUT2D eigenvalue weighted by Crippen LogP contribution is -2.36. The molecule has 2 unspecified atom stereocenters. The Balaban J connectivity index is 2.27. The maximum absolute atomic E-state index is 5.83. The van der Waals surface area contributed by atoms with Crippen molar-refractivity contribution in [1.29, 1.82) is 0 Å². The van der Waals surface area contributed by atoms with Gasteiger partial charge in [-0.3, -0.25) is 0 Å². The van der Waals surface area contributed by atoms with Crippen molar-refractivity contribution in [1.82, 2.24) is 15.5 Å². The molecule has 2 rings (SSSR count). The van der Waals surface area contributed by atoms with Crippen LogP contribution in [0.4, 0.5) is 0 Å². The van der Waals surface area contributed by atoms with Gasteiger partial charge in [-0.25, -0.2) is 0 Å². The normalized spacial score (nSPS) is 25.1. The van der Waals surface area contributed by atoms with Gasteiger partial charge in [0.2, 0.25) is 11.7 Å². The highest BCUT2D eigenvalue weighted by molar-refractivity contribution is 5.08. The third-order valence-electron chi connectivity index (χ3n) is 4.05. The Kier molecular flexibility index (Phi) is 4.49. The van der Waals surface area contributed by atoms with Crippen molar-refractivity contribution in [2.45, 2.75) is 65.5 Å². The smallest absolute Gasteiger partial charge is 0.247 e. The van der Waals surface area contributed by atoms with Gasteiger partial charge in [0.1, 0.15) is 6.10 Å². The van der Waals surface area contributed by atoms with E-state index >= 15 is 0 Å². The summed E-state index contributed by atoms with van der Waals surface area (Å²) in [7, 11) is 0. The van der Waals surface area contributed by atoms with Crippen LogP contribution in [0, 0.1) is 5.41 Å². The maximum atomic E-state index is 5.83. The molecule has 0 spiro atoms. The van der Waals surface area contributed by atoms with Gasteiger partial charge >= 0.3 is 0 Å². The zero-order chi connectivity index (χ0) is 14.8. The first kappa shape index (κ1) is 15.4. The van der Waals surface area contributed by atoms with E-state index in [1.54, 1.807) is 0 Å². The van der Waals surface area contributed by atoms with Gasteiger partial charge in [-0.1, -0.05) is 32.9 Å². The van der Waals surface area contributed by atoms with Gasteiger partial charge in [-0.15, -0.1) is 0 Å². The van der Waals surface area contributed by atoms with E-state index in [2.05, 4.69) is 43.2 Å². The molecule has 0 amide bonds. The standard InChI is InChI=1S/C15H27N3O2/c1-6-15(9-8-10-16-15)13-17-12(18-20-13)11(19-7-2)14(3,4)5/h11,16H,6-10H2,1-5H3. The molecule has 0 saturated carbocycles. The highest BCUT2D eigenvalue weighted by Gasteiger charge is 2.40. The molecular formula is C15H27N3O2. The predicted octanol–water partition coefficient (Wildman–Crippen LogP) is 3.18. The number of hydrogen-bond acceptors (Lipinski definition) is 5. The SMILES string of the molecule is CCOC(c1noc(C2(CC)CCCN2)n1)C(C)(C)C. The van der Waals surface area contributed by atoms with Crippen LogP contribution in [0.5, 0.6) is 0 Å². The third-order valence-corrected chi connectivity index (χ3v) is 4.05. The van der Waals surface area contributed by atoms with Crippen molar-refractivity contribution >= 4 is 0 Å². The molecule has 20 heavy (non-hydrogen) atoms. The summed E-state index contributed by atoms with van der Waals surface area (Å²) in [5.74, 6) is 1.37. The lowest BCUT2D eigenvalue weighted by Gasteiger charge is -2.27. The van der Waals surface area contributed by atoms with Crippen LogP contribution in [0.25, 0.3) is 0 Å². The summed E-state index contributed by atoms with van der Waals surface area (Å²) < 4.78 is 11.4. The molecule has 0 aliphatic carbocycles. The highest BCUT2D eigenvalue weighted by Crippen LogP contribution is 2.37. The van der Waals surface area contributed by atoms with E-state index in [4.69, 9.17) is 9.26 Å². The monoisotopic (exact) mass is 281 g/mol. The Hall–Kier alpha value is -0.940. The van der Waals surface area contributed by atoms with Crippen molar-refractivity contribution in [3.05, 3.63) is 11.7 Å². The fraction of sp³-hybridized carbons (Fsp3) is 0.867. The maximum Gasteiger partial charge on any atom is 0.247 e. The number of nitrogens with zero attached hydrogens (tertiary/aromatic N) is 2. The Morgan fingerprint density at radius 3 is 2.65 bits per heavy atom. The number of nitrogens with one attached hydrogen (secondary N) is 1. The van der Waals surface area contributed by atoms with Crippen molar-refractivity contribution < 1.29 is 9.26 Å². The summed E-state index contributed by atoms with van der Waals surface area (Å²) in [4.78, 5) is 4.66. The number of ether oxygens (including phenoxy) is 1. The van der Waals surface area contributed by atoms with E-state index in [-0.39, 0.29) is 17.1 Å². The van der Waals surface area contributed by atoms with E-state index in [9.17, 15) is 0 Å². The molecule has 114 valence electrons. The molecule has 2 atom stereocenters. The topological polar surface area (TPSA) is 60.2 Å². The summed E-state index contributed by atoms with van der Waals surface area (Å²) in [5.41, 5.74) is -0.195. The predicted molar refractivity (Wildman–Crippen MR) is 77.3 cm³/mol. The Labute approximate surface area is 121 Å². The summed E-state index contributed by atoms with van der Waals surface area (Å²) >= 11 is 0. The molecule has 0 radical (unpaired) electrons. The summed E-state index contributed by atoms with van der Waals surface area (Å²) in [6.07, 6.45) is 3.03. The van der Waals surface area contributed by atoms with Crippen LogP contribution in [0.2, 0.25) is 0 Å². The minimum atomic E-state index is -0.139. The Morgan fingerprint density at radius 2 is 2.15 bits per heavy atom. The fourth-order valence-corrected chi connectivity index (χ4v) is 2.86. The van der Waals surface area contributed by atoms with Gasteiger partial charge in [0.15, 0.2) is 0 Å². The van der Waals surface area contributed by atoms with Crippen molar-refractivity contribution in [3.63, 3.8) is 0 Å². The van der Waals surface area contributed by atoms with Gasteiger partial charge in [0.05, 0.1) is 5.54 Å². The van der Waals surface area contributed by atoms with Crippen LogP contribution in [-0.2, 0) is 10.3 Å². The van der Waals surface area contributed by atoms with E-state index in [0.29, 0.717) is 18.3 Å². The summed E-state index contributed by atoms with van der Waals surface area (Å²) in [6.45, 7) is 12.2. The average molecular weight is 281 g/mol.